The summed E-state index contributed by atoms with van der Waals surface area (Å²) >= 11 is 6.45. The van der Waals surface area contributed by atoms with Gasteiger partial charge in [-0.15, -0.1) is 0 Å². The average molecular weight is 431 g/mol. The van der Waals surface area contributed by atoms with Gasteiger partial charge in [-0.1, -0.05) is 41.9 Å². The predicted octanol–water partition coefficient (Wildman–Crippen LogP) is 5.00. The fourth-order valence-electron chi connectivity index (χ4n) is 3.55. The molecular formula is C23H19ClN6O. The molecule has 3 heterocycles. The number of rotatable bonds is 5. The maximum Gasteiger partial charge on any atom is 0.255 e. The zero-order chi connectivity index (χ0) is 21.4. The van der Waals surface area contributed by atoms with E-state index in [2.05, 4.69) is 20.5 Å². The minimum Gasteiger partial charge on any atom is -0.491 e. The second-order valence-corrected chi connectivity index (χ2v) is 7.70. The third-order valence-electron chi connectivity index (χ3n) is 5.05. The van der Waals surface area contributed by atoms with Gasteiger partial charge in [-0.3, -0.25) is 5.10 Å². The number of hydrogen-bond donors (Lipinski definition) is 3. The van der Waals surface area contributed by atoms with Gasteiger partial charge >= 0.3 is 0 Å². The summed E-state index contributed by atoms with van der Waals surface area (Å²) in [6, 6.07) is 15.5. The number of H-pyrrole nitrogens is 1. The van der Waals surface area contributed by atoms with Crippen molar-refractivity contribution in [1.29, 1.82) is 0 Å². The van der Waals surface area contributed by atoms with Gasteiger partial charge < -0.3 is 15.0 Å². The highest BCUT2D eigenvalue weighted by atomic mass is 35.5. The number of halogens is 1. The number of nitrogens with one attached hydrogen (secondary N) is 2. The van der Waals surface area contributed by atoms with E-state index in [9.17, 15) is 5.11 Å². The lowest BCUT2D eigenvalue weighted by Crippen LogP contribution is -2.04. The molecule has 0 spiro atoms. The lowest BCUT2D eigenvalue weighted by Gasteiger charge is -2.14. The van der Waals surface area contributed by atoms with E-state index in [0.717, 1.165) is 27.6 Å². The number of aromatic amines is 1. The second kappa shape index (κ2) is 7.77. The number of benzene rings is 2. The Balaban J connectivity index is 1.62. The van der Waals surface area contributed by atoms with Crippen LogP contribution in [-0.2, 0) is 13.6 Å². The first-order chi connectivity index (χ1) is 15.1. The molecule has 7 nitrogen and oxygen atoms in total. The van der Waals surface area contributed by atoms with Gasteiger partial charge in [-0.2, -0.15) is 5.10 Å². The number of aromatic nitrogens is 5. The standard InChI is InChI=1S/C23H19ClN6O/c1-30-8-7-14(13-30)11-25-22-23(31)28-21(20(27-22)15-5-3-2-4-6-15)16-9-17-12-26-29-19(17)18(24)10-16/h2-10,12-13H,11H2,1H3,(H,25,27)(H,26,29)(H,28,31). The molecule has 0 amide bonds. The average Bonchev–Trinajstić information content (AvgIpc) is 3.42. The van der Waals surface area contributed by atoms with Crippen molar-refractivity contribution in [3.8, 4) is 28.4 Å². The molecule has 0 unspecified atom stereocenters. The summed E-state index contributed by atoms with van der Waals surface area (Å²) < 4.78 is 1.97. The van der Waals surface area contributed by atoms with Crippen LogP contribution >= 0.6 is 11.6 Å². The summed E-state index contributed by atoms with van der Waals surface area (Å²) in [7, 11) is 1.96. The zero-order valence-electron chi connectivity index (χ0n) is 16.7. The molecule has 0 fully saturated rings. The molecule has 0 aliphatic carbocycles. The van der Waals surface area contributed by atoms with Crippen molar-refractivity contribution in [3.63, 3.8) is 0 Å². The third kappa shape index (κ3) is 3.71. The quantitative estimate of drug-likeness (QED) is 0.365. The topological polar surface area (TPSA) is 91.7 Å². The summed E-state index contributed by atoms with van der Waals surface area (Å²) in [6.45, 7) is 0.517. The Morgan fingerprint density at radius 3 is 2.65 bits per heavy atom. The first-order valence-electron chi connectivity index (χ1n) is 9.72. The molecule has 5 aromatic rings. The highest BCUT2D eigenvalue weighted by Gasteiger charge is 2.18. The van der Waals surface area contributed by atoms with Crippen LogP contribution in [0.2, 0.25) is 5.02 Å². The van der Waals surface area contributed by atoms with Crippen LogP contribution in [0.1, 0.15) is 5.56 Å². The number of aromatic hydroxyl groups is 1. The van der Waals surface area contributed by atoms with Crippen LogP contribution in [0.4, 0.5) is 5.82 Å². The Hall–Kier alpha value is -3.84. The van der Waals surface area contributed by atoms with E-state index in [-0.39, 0.29) is 5.88 Å². The van der Waals surface area contributed by atoms with E-state index in [1.807, 2.05) is 66.5 Å². The first-order valence-corrected chi connectivity index (χ1v) is 10.1. The fraction of sp³-hybridized carbons (Fsp3) is 0.0870. The summed E-state index contributed by atoms with van der Waals surface area (Å²) in [5, 5.41) is 22.2. The molecule has 0 radical (unpaired) electrons. The Kier molecular flexibility index (Phi) is 4.80. The van der Waals surface area contributed by atoms with E-state index in [0.29, 0.717) is 28.8 Å². The Morgan fingerprint density at radius 2 is 1.87 bits per heavy atom. The molecule has 0 aliphatic rings. The van der Waals surface area contributed by atoms with E-state index in [4.69, 9.17) is 16.6 Å². The minimum atomic E-state index is -0.172. The van der Waals surface area contributed by atoms with Crippen molar-refractivity contribution in [2.75, 3.05) is 5.32 Å². The van der Waals surface area contributed by atoms with E-state index in [1.54, 1.807) is 12.3 Å². The Morgan fingerprint density at radius 1 is 1.06 bits per heavy atom. The van der Waals surface area contributed by atoms with Crippen LogP contribution in [0.3, 0.4) is 0 Å². The van der Waals surface area contributed by atoms with E-state index >= 15 is 0 Å². The summed E-state index contributed by atoms with van der Waals surface area (Å²) in [5.74, 6) is 0.149. The van der Waals surface area contributed by atoms with Crippen LogP contribution in [0.5, 0.6) is 5.88 Å². The van der Waals surface area contributed by atoms with Gasteiger partial charge in [0.25, 0.3) is 5.88 Å². The number of aryl methyl sites for hydroxylation is 1. The van der Waals surface area contributed by atoms with Crippen LogP contribution in [0.15, 0.2) is 67.1 Å². The molecule has 154 valence electrons. The maximum absolute atomic E-state index is 10.7. The summed E-state index contributed by atoms with van der Waals surface area (Å²) in [6.07, 6.45) is 5.68. The fourth-order valence-corrected chi connectivity index (χ4v) is 3.81. The van der Waals surface area contributed by atoms with Gasteiger partial charge in [-0.05, 0) is 23.8 Å². The summed E-state index contributed by atoms with van der Waals surface area (Å²) in [5.41, 5.74) is 4.65. The molecule has 31 heavy (non-hydrogen) atoms. The molecule has 0 bridgehead atoms. The number of nitrogens with zero attached hydrogens (tertiary/aromatic N) is 4. The predicted molar refractivity (Wildman–Crippen MR) is 122 cm³/mol. The molecular weight excluding hydrogens is 412 g/mol. The normalized spacial score (nSPS) is 11.2. The molecule has 0 saturated carbocycles. The van der Waals surface area contributed by atoms with E-state index in [1.165, 1.54) is 0 Å². The molecule has 3 N–H and O–H groups in total. The lowest BCUT2D eigenvalue weighted by molar-refractivity contribution is 0.454. The molecule has 8 heteroatoms. The van der Waals surface area contributed by atoms with Gasteiger partial charge in [0.05, 0.1) is 22.4 Å². The van der Waals surface area contributed by atoms with Gasteiger partial charge in [0, 0.05) is 42.5 Å². The SMILES string of the molecule is Cn1ccc(CNc2nc(-c3ccccc3)c(-c3cc(Cl)c4[nH]ncc4c3)nc2O)c1. The van der Waals surface area contributed by atoms with Gasteiger partial charge in [-0.25, -0.2) is 9.97 Å². The smallest absolute Gasteiger partial charge is 0.255 e. The third-order valence-corrected chi connectivity index (χ3v) is 5.35. The van der Waals surface area contributed by atoms with Crippen LogP contribution in [0.25, 0.3) is 33.4 Å². The molecule has 0 aliphatic heterocycles. The monoisotopic (exact) mass is 430 g/mol. The zero-order valence-corrected chi connectivity index (χ0v) is 17.4. The number of fused-ring (bicyclic) bond motifs is 1. The second-order valence-electron chi connectivity index (χ2n) is 7.29. The van der Waals surface area contributed by atoms with E-state index < -0.39 is 0 Å². The molecule has 0 saturated heterocycles. The van der Waals surface area contributed by atoms with Gasteiger partial charge in [0.1, 0.15) is 5.69 Å². The van der Waals surface area contributed by atoms with Crippen LogP contribution < -0.4 is 5.32 Å². The Bertz CT molecular complexity index is 1380. The molecule has 3 aromatic heterocycles. The highest BCUT2D eigenvalue weighted by molar-refractivity contribution is 6.35. The van der Waals surface area contributed by atoms with Gasteiger partial charge in [0.15, 0.2) is 5.82 Å². The molecule has 5 rings (SSSR count). The van der Waals surface area contributed by atoms with Crippen LogP contribution in [0, 0.1) is 0 Å². The molecule has 0 atom stereocenters. The van der Waals surface area contributed by atoms with Gasteiger partial charge in [0.2, 0.25) is 0 Å². The number of hydrogen-bond acceptors (Lipinski definition) is 5. The first kappa shape index (κ1) is 19.1. The highest BCUT2D eigenvalue weighted by Crippen LogP contribution is 2.36. The van der Waals surface area contributed by atoms with Crippen molar-refractivity contribution >= 4 is 28.3 Å². The number of anilines is 1. The van der Waals surface area contributed by atoms with Crippen molar-refractivity contribution in [2.24, 2.45) is 7.05 Å². The largest absolute Gasteiger partial charge is 0.491 e. The van der Waals surface area contributed by atoms with Crippen molar-refractivity contribution in [1.82, 2.24) is 24.7 Å². The molecule has 2 aromatic carbocycles. The van der Waals surface area contributed by atoms with Crippen molar-refractivity contribution < 1.29 is 5.11 Å². The minimum absolute atomic E-state index is 0.172. The van der Waals surface area contributed by atoms with Crippen molar-refractivity contribution in [2.45, 2.75) is 6.54 Å². The summed E-state index contributed by atoms with van der Waals surface area (Å²) in [4.78, 5) is 9.25. The Labute approximate surface area is 183 Å². The maximum atomic E-state index is 10.7. The van der Waals surface area contributed by atoms with Crippen molar-refractivity contribution in [3.05, 3.63) is 77.7 Å². The van der Waals surface area contributed by atoms with Crippen LogP contribution in [-0.4, -0.2) is 29.8 Å². The lowest BCUT2D eigenvalue weighted by atomic mass is 10.0.